The van der Waals surface area contributed by atoms with Gasteiger partial charge in [-0.25, -0.2) is 0 Å². The first kappa shape index (κ1) is 16.7. The van der Waals surface area contributed by atoms with Gasteiger partial charge in [0.25, 0.3) is 0 Å². The van der Waals surface area contributed by atoms with E-state index in [-0.39, 0.29) is 11.9 Å². The maximum atomic E-state index is 12.3. The van der Waals surface area contributed by atoms with Crippen molar-refractivity contribution >= 4 is 5.91 Å². The maximum Gasteiger partial charge on any atom is 0.237 e. The molecule has 0 aromatic carbocycles. The highest BCUT2D eigenvalue weighted by atomic mass is 16.5. The van der Waals surface area contributed by atoms with Crippen LogP contribution in [0.15, 0.2) is 0 Å². The summed E-state index contributed by atoms with van der Waals surface area (Å²) < 4.78 is 5.40. The minimum Gasteiger partial charge on any atom is -0.379 e. The van der Waals surface area contributed by atoms with Gasteiger partial charge in [0.15, 0.2) is 0 Å². The molecular weight excluding hydrogens is 292 g/mol. The molecule has 1 amide bonds. The Morgan fingerprint density at radius 1 is 1.22 bits per heavy atom. The van der Waals surface area contributed by atoms with Gasteiger partial charge in [0, 0.05) is 32.2 Å². The highest BCUT2D eigenvalue weighted by Crippen LogP contribution is 2.26. The molecule has 1 unspecified atom stereocenters. The highest BCUT2D eigenvalue weighted by molar-refractivity contribution is 5.79. The number of carbonyl (C=O) groups is 1. The minimum atomic E-state index is -0.207. The Kier molecular flexibility index (Phi) is 5.87. The smallest absolute Gasteiger partial charge is 0.237 e. The van der Waals surface area contributed by atoms with Crippen molar-refractivity contribution in [3.05, 3.63) is 0 Å². The van der Waals surface area contributed by atoms with Crippen LogP contribution in [0.4, 0.5) is 0 Å². The van der Waals surface area contributed by atoms with Crippen molar-refractivity contribution in [2.45, 2.75) is 44.2 Å². The Morgan fingerprint density at radius 3 is 2.83 bits per heavy atom. The molecule has 0 aromatic heterocycles. The fraction of sp³-hybridized carbons (Fsp3) is 0.882. The number of ether oxygens (including phenoxy) is 1. The van der Waals surface area contributed by atoms with Gasteiger partial charge in [0.05, 0.1) is 25.8 Å². The molecule has 0 aromatic rings. The number of nitriles is 1. The standard InChI is InChI=1S/C17H28N4O2/c18-11-16-2-1-5-21(16)17(22)12-19-15-4-3-14(10-15)13-20-6-8-23-9-7-20/h14-16,19H,1-10,12-13H2/t14-,15?,16-/m0/s1. The zero-order valence-electron chi connectivity index (χ0n) is 13.9. The van der Waals surface area contributed by atoms with E-state index in [4.69, 9.17) is 10.00 Å². The summed E-state index contributed by atoms with van der Waals surface area (Å²) in [6.07, 6.45) is 5.34. The average Bonchev–Trinajstić information content (AvgIpc) is 3.22. The van der Waals surface area contributed by atoms with Crippen LogP contribution in [-0.4, -0.2) is 73.7 Å². The molecule has 1 N–H and O–H groups in total. The first-order chi connectivity index (χ1) is 11.3. The molecule has 2 saturated heterocycles. The summed E-state index contributed by atoms with van der Waals surface area (Å²) in [6.45, 7) is 6.11. The van der Waals surface area contributed by atoms with E-state index in [1.54, 1.807) is 4.90 Å². The fourth-order valence-electron chi connectivity index (χ4n) is 4.11. The summed E-state index contributed by atoms with van der Waals surface area (Å²) in [4.78, 5) is 16.5. The Bertz CT molecular complexity index is 444. The second-order valence-electron chi connectivity index (χ2n) is 7.04. The van der Waals surface area contributed by atoms with Gasteiger partial charge in [-0.3, -0.25) is 9.69 Å². The number of nitrogens with one attached hydrogen (secondary N) is 1. The number of hydrogen-bond acceptors (Lipinski definition) is 5. The van der Waals surface area contributed by atoms with Gasteiger partial charge in [-0.2, -0.15) is 5.26 Å². The van der Waals surface area contributed by atoms with Crippen molar-refractivity contribution in [3.63, 3.8) is 0 Å². The van der Waals surface area contributed by atoms with E-state index in [1.807, 2.05) is 0 Å². The van der Waals surface area contributed by atoms with Crippen molar-refractivity contribution in [1.29, 1.82) is 5.26 Å². The zero-order valence-corrected chi connectivity index (χ0v) is 13.9. The van der Waals surface area contributed by atoms with Gasteiger partial charge in [0.1, 0.15) is 6.04 Å². The fourth-order valence-corrected chi connectivity index (χ4v) is 4.11. The first-order valence-corrected chi connectivity index (χ1v) is 8.99. The topological polar surface area (TPSA) is 68.6 Å². The van der Waals surface area contributed by atoms with Gasteiger partial charge >= 0.3 is 0 Å². The highest BCUT2D eigenvalue weighted by Gasteiger charge is 2.30. The number of hydrogen-bond donors (Lipinski definition) is 1. The minimum absolute atomic E-state index is 0.0886. The SMILES string of the molecule is N#C[C@@H]1CCCN1C(=O)CNC1CC[C@H](CN2CCOCC2)C1. The third-order valence-corrected chi connectivity index (χ3v) is 5.43. The molecule has 0 radical (unpaired) electrons. The van der Waals surface area contributed by atoms with Gasteiger partial charge in [-0.05, 0) is 38.0 Å². The summed E-state index contributed by atoms with van der Waals surface area (Å²) >= 11 is 0. The predicted octanol–water partition coefficient (Wildman–Crippen LogP) is 0.591. The number of amides is 1. The summed E-state index contributed by atoms with van der Waals surface area (Å²) in [5.41, 5.74) is 0. The Balaban J connectivity index is 1.36. The second-order valence-corrected chi connectivity index (χ2v) is 7.04. The summed E-state index contributed by atoms with van der Waals surface area (Å²) in [5.74, 6) is 0.824. The first-order valence-electron chi connectivity index (χ1n) is 8.99. The molecule has 0 bridgehead atoms. The zero-order chi connectivity index (χ0) is 16.1. The van der Waals surface area contributed by atoms with E-state index < -0.39 is 0 Å². The number of nitrogens with zero attached hydrogens (tertiary/aromatic N) is 3. The van der Waals surface area contributed by atoms with Crippen LogP contribution in [0.1, 0.15) is 32.1 Å². The van der Waals surface area contributed by atoms with Crippen LogP contribution in [0, 0.1) is 17.2 Å². The van der Waals surface area contributed by atoms with Crippen LogP contribution >= 0.6 is 0 Å². The number of likely N-dealkylation sites (tertiary alicyclic amines) is 1. The van der Waals surface area contributed by atoms with Gasteiger partial charge in [-0.15, -0.1) is 0 Å². The van der Waals surface area contributed by atoms with Gasteiger partial charge in [0.2, 0.25) is 5.91 Å². The van der Waals surface area contributed by atoms with E-state index in [9.17, 15) is 4.79 Å². The Labute approximate surface area is 138 Å². The lowest BCUT2D eigenvalue weighted by Crippen LogP contribution is -2.43. The molecule has 6 nitrogen and oxygen atoms in total. The molecule has 6 heteroatoms. The molecular formula is C17H28N4O2. The molecule has 3 fully saturated rings. The molecule has 0 spiro atoms. The normalized spacial score (nSPS) is 32.1. The maximum absolute atomic E-state index is 12.3. The molecule has 3 atom stereocenters. The molecule has 2 aliphatic heterocycles. The lowest BCUT2D eigenvalue weighted by molar-refractivity contribution is -0.130. The monoisotopic (exact) mass is 320 g/mol. The second kappa shape index (κ2) is 8.09. The lowest BCUT2D eigenvalue weighted by atomic mass is 10.1. The van der Waals surface area contributed by atoms with Crippen molar-refractivity contribution in [3.8, 4) is 6.07 Å². The molecule has 128 valence electrons. The van der Waals surface area contributed by atoms with Crippen LogP contribution in [0.25, 0.3) is 0 Å². The molecule has 3 aliphatic rings. The van der Waals surface area contributed by atoms with Crippen LogP contribution in [0.2, 0.25) is 0 Å². The van der Waals surface area contributed by atoms with Crippen LogP contribution in [0.5, 0.6) is 0 Å². The molecule has 1 saturated carbocycles. The molecule has 23 heavy (non-hydrogen) atoms. The average molecular weight is 320 g/mol. The van der Waals surface area contributed by atoms with Gasteiger partial charge in [-0.1, -0.05) is 0 Å². The Hall–Kier alpha value is -1.16. The van der Waals surface area contributed by atoms with Crippen LogP contribution in [-0.2, 0) is 9.53 Å². The van der Waals surface area contributed by atoms with E-state index in [0.717, 1.165) is 71.0 Å². The number of carbonyl (C=O) groups excluding carboxylic acids is 1. The van der Waals surface area contributed by atoms with E-state index in [0.29, 0.717) is 12.6 Å². The lowest BCUT2D eigenvalue weighted by Gasteiger charge is -2.29. The van der Waals surface area contributed by atoms with E-state index in [2.05, 4.69) is 16.3 Å². The van der Waals surface area contributed by atoms with Crippen molar-refractivity contribution in [2.24, 2.45) is 5.92 Å². The molecule has 1 aliphatic carbocycles. The van der Waals surface area contributed by atoms with Crippen molar-refractivity contribution < 1.29 is 9.53 Å². The summed E-state index contributed by atoms with van der Waals surface area (Å²) in [7, 11) is 0. The third-order valence-electron chi connectivity index (χ3n) is 5.43. The van der Waals surface area contributed by atoms with E-state index in [1.165, 1.54) is 6.42 Å². The molecule has 3 rings (SSSR count). The molecule has 2 heterocycles. The predicted molar refractivity (Wildman–Crippen MR) is 86.7 cm³/mol. The van der Waals surface area contributed by atoms with Crippen molar-refractivity contribution in [1.82, 2.24) is 15.1 Å². The number of rotatable bonds is 5. The summed E-state index contributed by atoms with van der Waals surface area (Å²) in [5, 5.41) is 12.5. The van der Waals surface area contributed by atoms with Crippen LogP contribution in [0.3, 0.4) is 0 Å². The third kappa shape index (κ3) is 4.43. The largest absolute Gasteiger partial charge is 0.379 e. The van der Waals surface area contributed by atoms with Crippen LogP contribution < -0.4 is 5.32 Å². The quantitative estimate of drug-likeness (QED) is 0.803. The van der Waals surface area contributed by atoms with Gasteiger partial charge < -0.3 is 15.0 Å². The van der Waals surface area contributed by atoms with E-state index >= 15 is 0 Å². The number of morpholine rings is 1. The summed E-state index contributed by atoms with van der Waals surface area (Å²) in [6, 6.07) is 2.48. The van der Waals surface area contributed by atoms with Crippen molar-refractivity contribution in [2.75, 3.05) is 45.9 Å². The Morgan fingerprint density at radius 2 is 2.04 bits per heavy atom.